The Bertz CT molecular complexity index is 403. The summed E-state index contributed by atoms with van der Waals surface area (Å²) < 4.78 is 0. The summed E-state index contributed by atoms with van der Waals surface area (Å²) in [5.74, 6) is 0. The van der Waals surface area contributed by atoms with Crippen LogP contribution >= 0.6 is 7.26 Å². The fourth-order valence-corrected chi connectivity index (χ4v) is 9.80. The molecule has 0 saturated heterocycles. The van der Waals surface area contributed by atoms with Crippen molar-refractivity contribution >= 4 is 7.26 Å². The van der Waals surface area contributed by atoms with E-state index in [2.05, 4.69) is 76.3 Å². The minimum Gasteiger partial charge on any atom is -0.0917 e. The van der Waals surface area contributed by atoms with Gasteiger partial charge in [0.1, 0.15) is 0 Å². The molecule has 1 heteroatoms. The van der Waals surface area contributed by atoms with Crippen molar-refractivity contribution in [3.05, 3.63) is 48.6 Å². The molecule has 0 aromatic heterocycles. The lowest BCUT2D eigenvalue weighted by Crippen LogP contribution is -2.13. The molecule has 0 heterocycles. The molecule has 0 radical (unpaired) electrons. The Kier molecular flexibility index (Phi) is 25.5. The van der Waals surface area contributed by atoms with Crippen molar-refractivity contribution in [2.24, 2.45) is 0 Å². The first-order chi connectivity index (χ1) is 16.2. The minimum absolute atomic E-state index is 0.791. The highest BCUT2D eigenvalue weighted by molar-refractivity contribution is 7.75. The molecule has 0 spiro atoms. The van der Waals surface area contributed by atoms with E-state index in [-0.39, 0.29) is 0 Å². The lowest BCUT2D eigenvalue weighted by molar-refractivity contribution is 0.695. The zero-order chi connectivity index (χ0) is 24.3. The molecule has 0 aliphatic carbocycles. The third-order valence-corrected chi connectivity index (χ3v) is 12.0. The van der Waals surface area contributed by atoms with Gasteiger partial charge >= 0.3 is 0 Å². The molecule has 0 unspecified atom stereocenters. The highest BCUT2D eigenvalue weighted by Crippen LogP contribution is 2.61. The Labute approximate surface area is 210 Å². The lowest BCUT2D eigenvalue weighted by atomic mass is 10.2. The molecule has 0 aliphatic rings. The van der Waals surface area contributed by atoms with Gasteiger partial charge in [-0.2, -0.15) is 0 Å². The summed E-state index contributed by atoms with van der Waals surface area (Å²) >= 11 is 0. The van der Waals surface area contributed by atoms with E-state index in [0.717, 1.165) is 0 Å². The summed E-state index contributed by atoms with van der Waals surface area (Å²) in [6.45, 7) is 8.61. The van der Waals surface area contributed by atoms with Crippen LogP contribution < -0.4 is 0 Å². The van der Waals surface area contributed by atoms with Gasteiger partial charge in [0.15, 0.2) is 0 Å². The number of hydrogen-bond donors (Lipinski definition) is 0. The quantitative estimate of drug-likeness (QED) is 0.0739. The first-order valence-corrected chi connectivity index (χ1v) is 17.1. The van der Waals surface area contributed by atoms with Crippen LogP contribution in [0.5, 0.6) is 0 Å². The fourth-order valence-electron chi connectivity index (χ4n) is 4.88. The first-order valence-electron chi connectivity index (χ1n) is 14.5. The zero-order valence-electron chi connectivity index (χ0n) is 23.2. The van der Waals surface area contributed by atoms with Crippen LogP contribution in [0.25, 0.3) is 0 Å². The van der Waals surface area contributed by atoms with Crippen LogP contribution in [0.15, 0.2) is 48.6 Å². The van der Waals surface area contributed by atoms with Crippen molar-refractivity contribution in [1.29, 1.82) is 0 Å². The average Bonchev–Trinajstić information content (AvgIpc) is 2.83. The zero-order valence-corrected chi connectivity index (χ0v) is 24.1. The van der Waals surface area contributed by atoms with Crippen LogP contribution in [0.3, 0.4) is 0 Å². The van der Waals surface area contributed by atoms with E-state index < -0.39 is 7.26 Å². The number of unbranched alkanes of at least 4 members (excludes halogenated alkanes) is 12. The van der Waals surface area contributed by atoms with E-state index in [4.69, 9.17) is 0 Å². The Hall–Kier alpha value is -0.610. The second kappa shape index (κ2) is 26.0. The van der Waals surface area contributed by atoms with Gasteiger partial charge in [0.2, 0.25) is 0 Å². The first kappa shape index (κ1) is 32.4. The smallest absolute Gasteiger partial charge is 0.0594 e. The van der Waals surface area contributed by atoms with Crippen molar-refractivity contribution in [2.75, 3.05) is 24.6 Å². The molecule has 0 saturated carbocycles. The van der Waals surface area contributed by atoms with Crippen molar-refractivity contribution in [3.8, 4) is 0 Å². The van der Waals surface area contributed by atoms with E-state index in [9.17, 15) is 0 Å². The summed E-state index contributed by atoms with van der Waals surface area (Å²) in [5.41, 5.74) is 0. The summed E-state index contributed by atoms with van der Waals surface area (Å²) in [4.78, 5) is 0. The predicted molar refractivity (Wildman–Crippen MR) is 160 cm³/mol. The number of hydrogen-bond acceptors (Lipinski definition) is 0. The van der Waals surface area contributed by atoms with Crippen LogP contribution in [0, 0.1) is 0 Å². The summed E-state index contributed by atoms with van der Waals surface area (Å²) in [7, 11) is -0.791. The van der Waals surface area contributed by atoms with Crippen molar-refractivity contribution in [3.63, 3.8) is 0 Å². The van der Waals surface area contributed by atoms with Crippen molar-refractivity contribution in [1.82, 2.24) is 0 Å². The van der Waals surface area contributed by atoms with E-state index in [1.807, 2.05) is 0 Å². The van der Waals surface area contributed by atoms with Gasteiger partial charge in [0.25, 0.3) is 0 Å². The van der Waals surface area contributed by atoms with E-state index in [0.29, 0.717) is 0 Å². The summed E-state index contributed by atoms with van der Waals surface area (Å²) in [6.07, 6.45) is 47.0. The van der Waals surface area contributed by atoms with Gasteiger partial charge in [-0.05, 0) is 130 Å². The Balaban J connectivity index is 4.87. The molecule has 0 fully saturated rings. The molecule has 0 atom stereocenters. The second-order valence-electron chi connectivity index (χ2n) is 9.91. The minimum atomic E-state index is -0.791. The van der Waals surface area contributed by atoms with Crippen molar-refractivity contribution < 1.29 is 0 Å². The highest BCUT2D eigenvalue weighted by atomic mass is 31.2. The molecule has 0 aromatic rings. The van der Waals surface area contributed by atoms with Crippen LogP contribution in [0.2, 0.25) is 0 Å². The molecule has 0 nitrogen and oxygen atoms in total. The summed E-state index contributed by atoms with van der Waals surface area (Å²) in [5, 5.41) is 0. The van der Waals surface area contributed by atoms with Gasteiger partial charge in [-0.3, -0.25) is 0 Å². The largest absolute Gasteiger partial charge is 0.0917 e. The molecule has 0 bridgehead atoms. The number of allylic oxidation sites excluding steroid dienone is 8. The third kappa shape index (κ3) is 21.6. The predicted octanol–water partition coefficient (Wildman–Crippen LogP) is 11.5. The maximum Gasteiger partial charge on any atom is 0.0594 e. The van der Waals surface area contributed by atoms with Gasteiger partial charge in [0.05, 0.1) is 24.6 Å². The van der Waals surface area contributed by atoms with Gasteiger partial charge in [0, 0.05) is 7.26 Å². The lowest BCUT2D eigenvalue weighted by Gasteiger charge is -2.28. The van der Waals surface area contributed by atoms with E-state index >= 15 is 0 Å². The molecular formula is C32H60P+. The monoisotopic (exact) mass is 475 g/mol. The molecule has 0 rings (SSSR count). The van der Waals surface area contributed by atoms with Crippen LogP contribution in [0.4, 0.5) is 0 Å². The van der Waals surface area contributed by atoms with Crippen LogP contribution in [-0.4, -0.2) is 24.6 Å². The van der Waals surface area contributed by atoms with Crippen LogP contribution in [0.1, 0.15) is 130 Å². The van der Waals surface area contributed by atoms with Gasteiger partial charge < -0.3 is 0 Å². The van der Waals surface area contributed by atoms with Gasteiger partial charge in [-0.25, -0.2) is 0 Å². The van der Waals surface area contributed by atoms with Gasteiger partial charge in [-0.1, -0.05) is 48.6 Å². The Morgan fingerprint density at radius 2 is 0.576 bits per heavy atom. The molecule has 192 valence electrons. The molecule has 0 aliphatic heterocycles. The third-order valence-electron chi connectivity index (χ3n) is 6.96. The topological polar surface area (TPSA) is 0 Å². The standard InChI is InChI=1S/C32H60P/c1-5-9-13-17-21-25-29-33(30-26-22-18-14-10-6-2,31-27-23-19-15-11-7-3)32-28-24-20-16-12-8-4/h5-12H,13-32H2,1-4H3/q+1. The Morgan fingerprint density at radius 1 is 0.333 bits per heavy atom. The van der Waals surface area contributed by atoms with E-state index in [1.165, 1.54) is 103 Å². The molecule has 33 heavy (non-hydrogen) atoms. The average molecular weight is 476 g/mol. The van der Waals surface area contributed by atoms with Gasteiger partial charge in [-0.15, -0.1) is 0 Å². The molecule has 0 N–H and O–H groups in total. The molecular weight excluding hydrogens is 415 g/mol. The normalized spacial score (nSPS) is 14.4. The number of rotatable bonds is 24. The Morgan fingerprint density at radius 3 is 0.788 bits per heavy atom. The highest BCUT2D eigenvalue weighted by Gasteiger charge is 2.34. The maximum atomic E-state index is 2.35. The summed E-state index contributed by atoms with van der Waals surface area (Å²) in [6, 6.07) is 0. The second-order valence-corrected chi connectivity index (χ2v) is 14.4. The van der Waals surface area contributed by atoms with Crippen LogP contribution in [-0.2, 0) is 0 Å². The fraction of sp³-hybridized carbons (Fsp3) is 0.750. The maximum absolute atomic E-state index is 2.35. The SMILES string of the molecule is CC=CCCCCC[P+](CCCCCC=CC)(CCCCCC=CC)CCCCCC=CC. The molecule has 0 aromatic carbocycles. The van der Waals surface area contributed by atoms with E-state index in [1.54, 1.807) is 24.6 Å². The molecule has 0 amide bonds. The van der Waals surface area contributed by atoms with Crippen molar-refractivity contribution in [2.45, 2.75) is 130 Å².